The van der Waals surface area contributed by atoms with Crippen molar-refractivity contribution in [3.05, 3.63) is 88.8 Å². The first-order chi connectivity index (χ1) is 16.1. The Morgan fingerprint density at radius 1 is 0.909 bits per heavy atom. The van der Waals surface area contributed by atoms with Gasteiger partial charge in [0.1, 0.15) is 24.2 Å². The lowest BCUT2D eigenvalue weighted by Gasteiger charge is -2.10. The number of hydrogen-bond donors (Lipinski definition) is 0. The second kappa shape index (κ2) is 9.91. The standard InChI is InChI=1S/C26H22O7/c1-29-22-11-8-18(12-24(22)30-2)21-15-32-23-13-19(9-10-20(23)26(21)28)31-16-25(27)33-14-17-6-4-3-5-7-17/h3-13,15H,14,16H2,1-2H3. The number of ether oxygens (including phenoxy) is 4. The van der Waals surface area contributed by atoms with Crippen molar-refractivity contribution in [3.8, 4) is 28.4 Å². The summed E-state index contributed by atoms with van der Waals surface area (Å²) in [5.41, 5.74) is 2.08. The minimum Gasteiger partial charge on any atom is -0.493 e. The highest BCUT2D eigenvalue weighted by Gasteiger charge is 2.13. The summed E-state index contributed by atoms with van der Waals surface area (Å²) in [5.74, 6) is 0.971. The van der Waals surface area contributed by atoms with Crippen molar-refractivity contribution in [2.75, 3.05) is 20.8 Å². The van der Waals surface area contributed by atoms with Crippen LogP contribution in [0.15, 0.2) is 82.2 Å². The molecule has 0 unspecified atom stereocenters. The van der Waals surface area contributed by atoms with Gasteiger partial charge in [0, 0.05) is 6.07 Å². The molecule has 0 aliphatic carbocycles. The Bertz CT molecular complexity index is 1330. The summed E-state index contributed by atoms with van der Waals surface area (Å²) in [6.45, 7) is -0.0825. The molecule has 7 nitrogen and oxygen atoms in total. The third kappa shape index (κ3) is 4.98. The van der Waals surface area contributed by atoms with Crippen molar-refractivity contribution in [2.45, 2.75) is 6.61 Å². The molecule has 0 amide bonds. The fraction of sp³-hybridized carbons (Fsp3) is 0.154. The summed E-state index contributed by atoms with van der Waals surface area (Å²) in [4.78, 5) is 25.0. The van der Waals surface area contributed by atoms with Gasteiger partial charge in [-0.05, 0) is 35.4 Å². The van der Waals surface area contributed by atoms with Gasteiger partial charge in [-0.1, -0.05) is 36.4 Å². The van der Waals surface area contributed by atoms with Crippen LogP contribution in [0.1, 0.15) is 5.56 Å². The van der Waals surface area contributed by atoms with Crippen LogP contribution in [0.25, 0.3) is 22.1 Å². The van der Waals surface area contributed by atoms with E-state index < -0.39 is 5.97 Å². The third-order valence-electron chi connectivity index (χ3n) is 5.04. The van der Waals surface area contributed by atoms with E-state index in [1.54, 1.807) is 43.5 Å². The molecular weight excluding hydrogens is 424 g/mol. The van der Waals surface area contributed by atoms with Gasteiger partial charge in [-0.2, -0.15) is 0 Å². The first-order valence-corrected chi connectivity index (χ1v) is 10.2. The molecule has 168 valence electrons. The maximum atomic E-state index is 13.0. The molecule has 33 heavy (non-hydrogen) atoms. The molecule has 0 bridgehead atoms. The second-order valence-electron chi connectivity index (χ2n) is 7.14. The van der Waals surface area contributed by atoms with Crippen molar-refractivity contribution in [1.82, 2.24) is 0 Å². The molecule has 4 aromatic rings. The zero-order valence-electron chi connectivity index (χ0n) is 18.2. The normalized spacial score (nSPS) is 10.6. The van der Waals surface area contributed by atoms with Crippen LogP contribution in [0.5, 0.6) is 17.2 Å². The monoisotopic (exact) mass is 446 g/mol. The van der Waals surface area contributed by atoms with Gasteiger partial charge in [0.05, 0.1) is 25.2 Å². The molecule has 0 N–H and O–H groups in total. The van der Waals surface area contributed by atoms with Crippen LogP contribution in [0, 0.1) is 0 Å². The van der Waals surface area contributed by atoms with Gasteiger partial charge in [-0.3, -0.25) is 4.79 Å². The van der Waals surface area contributed by atoms with Crippen molar-refractivity contribution >= 4 is 16.9 Å². The molecule has 0 atom stereocenters. The lowest BCUT2D eigenvalue weighted by Crippen LogP contribution is -2.14. The Balaban J connectivity index is 1.48. The van der Waals surface area contributed by atoms with Gasteiger partial charge in [-0.15, -0.1) is 0 Å². The molecule has 0 fully saturated rings. The summed E-state index contributed by atoms with van der Waals surface area (Å²) in [6, 6.07) is 19.4. The molecule has 0 spiro atoms. The lowest BCUT2D eigenvalue weighted by molar-refractivity contribution is -0.147. The minimum absolute atomic E-state index is 0.175. The van der Waals surface area contributed by atoms with E-state index in [1.807, 2.05) is 30.3 Å². The van der Waals surface area contributed by atoms with E-state index in [2.05, 4.69) is 0 Å². The van der Waals surface area contributed by atoms with Crippen LogP contribution < -0.4 is 19.6 Å². The molecule has 1 heterocycles. The number of esters is 1. The first kappa shape index (κ1) is 22.0. The number of benzene rings is 3. The summed E-state index contributed by atoms with van der Waals surface area (Å²) in [6.07, 6.45) is 1.39. The summed E-state index contributed by atoms with van der Waals surface area (Å²) in [5, 5.41) is 0.390. The van der Waals surface area contributed by atoms with Crippen molar-refractivity contribution in [1.29, 1.82) is 0 Å². The maximum absolute atomic E-state index is 13.0. The first-order valence-electron chi connectivity index (χ1n) is 10.2. The average molecular weight is 446 g/mol. The van der Waals surface area contributed by atoms with Crippen LogP contribution >= 0.6 is 0 Å². The summed E-state index contributed by atoms with van der Waals surface area (Å²) < 4.78 is 27.0. The minimum atomic E-state index is -0.496. The van der Waals surface area contributed by atoms with Crippen molar-refractivity contribution in [2.24, 2.45) is 0 Å². The number of hydrogen-bond acceptors (Lipinski definition) is 7. The van der Waals surface area contributed by atoms with E-state index in [-0.39, 0.29) is 18.6 Å². The Hall–Kier alpha value is -4.26. The molecule has 4 rings (SSSR count). The van der Waals surface area contributed by atoms with E-state index >= 15 is 0 Å². The fourth-order valence-corrected chi connectivity index (χ4v) is 3.32. The molecule has 0 radical (unpaired) electrons. The highest BCUT2D eigenvalue weighted by Crippen LogP contribution is 2.32. The number of fused-ring (bicyclic) bond motifs is 1. The number of methoxy groups -OCH3 is 2. The van der Waals surface area contributed by atoms with E-state index in [4.69, 9.17) is 23.4 Å². The highest BCUT2D eigenvalue weighted by molar-refractivity contribution is 5.83. The number of carbonyl (C=O) groups is 1. The Kier molecular flexibility index (Phi) is 6.59. The van der Waals surface area contributed by atoms with Crippen molar-refractivity contribution in [3.63, 3.8) is 0 Å². The largest absolute Gasteiger partial charge is 0.493 e. The molecule has 0 saturated heterocycles. The molecule has 1 aromatic heterocycles. The van der Waals surface area contributed by atoms with E-state index in [9.17, 15) is 9.59 Å². The topological polar surface area (TPSA) is 84.2 Å². The fourth-order valence-electron chi connectivity index (χ4n) is 3.32. The summed E-state index contributed by atoms with van der Waals surface area (Å²) in [7, 11) is 3.08. The Morgan fingerprint density at radius 2 is 1.70 bits per heavy atom. The van der Waals surface area contributed by atoms with E-state index in [0.29, 0.717) is 39.3 Å². The zero-order valence-corrected chi connectivity index (χ0v) is 18.2. The molecule has 0 aliphatic heterocycles. The van der Waals surface area contributed by atoms with Crippen LogP contribution in [-0.4, -0.2) is 26.8 Å². The van der Waals surface area contributed by atoms with Gasteiger partial charge >= 0.3 is 5.97 Å². The quantitative estimate of drug-likeness (QED) is 0.366. The van der Waals surface area contributed by atoms with Gasteiger partial charge in [-0.25, -0.2) is 4.79 Å². The molecule has 0 saturated carbocycles. The number of rotatable bonds is 8. The molecular formula is C26H22O7. The Labute approximate surface area is 190 Å². The maximum Gasteiger partial charge on any atom is 0.344 e. The van der Waals surface area contributed by atoms with Gasteiger partial charge in [0.15, 0.2) is 23.5 Å². The molecule has 7 heteroatoms. The molecule has 3 aromatic carbocycles. The molecule has 0 aliphatic rings. The predicted molar refractivity (Wildman–Crippen MR) is 123 cm³/mol. The predicted octanol–water partition coefficient (Wildman–Crippen LogP) is 4.60. The van der Waals surface area contributed by atoms with E-state index in [0.717, 1.165) is 5.56 Å². The van der Waals surface area contributed by atoms with Gasteiger partial charge in [0.25, 0.3) is 0 Å². The van der Waals surface area contributed by atoms with E-state index in [1.165, 1.54) is 13.4 Å². The van der Waals surface area contributed by atoms with Crippen LogP contribution in [-0.2, 0) is 16.1 Å². The second-order valence-corrected chi connectivity index (χ2v) is 7.14. The van der Waals surface area contributed by atoms with Gasteiger partial charge in [0.2, 0.25) is 0 Å². The third-order valence-corrected chi connectivity index (χ3v) is 5.04. The smallest absolute Gasteiger partial charge is 0.344 e. The van der Waals surface area contributed by atoms with Gasteiger partial charge < -0.3 is 23.4 Å². The van der Waals surface area contributed by atoms with Crippen LogP contribution in [0.4, 0.5) is 0 Å². The van der Waals surface area contributed by atoms with Crippen LogP contribution in [0.2, 0.25) is 0 Å². The SMILES string of the molecule is COc1ccc(-c2coc3cc(OCC(=O)OCc4ccccc4)ccc3c2=O)cc1OC. The van der Waals surface area contributed by atoms with Crippen molar-refractivity contribution < 1.29 is 28.2 Å². The summed E-state index contributed by atoms with van der Waals surface area (Å²) >= 11 is 0. The zero-order chi connectivity index (χ0) is 23.2. The Morgan fingerprint density at radius 3 is 2.45 bits per heavy atom. The number of carbonyl (C=O) groups excluding carboxylic acids is 1. The lowest BCUT2D eigenvalue weighted by atomic mass is 10.0. The highest BCUT2D eigenvalue weighted by atomic mass is 16.6. The van der Waals surface area contributed by atoms with Crippen LogP contribution in [0.3, 0.4) is 0 Å². The average Bonchev–Trinajstić information content (AvgIpc) is 2.86.